The molecule has 1 aromatic carbocycles. The van der Waals surface area contributed by atoms with E-state index in [9.17, 15) is 4.39 Å². The molecule has 30 heavy (non-hydrogen) atoms. The summed E-state index contributed by atoms with van der Waals surface area (Å²) in [6.07, 6.45) is 5.74. The fraction of sp³-hybridized carbons (Fsp3) is 0.227. The summed E-state index contributed by atoms with van der Waals surface area (Å²) < 4.78 is 14.4. The van der Waals surface area contributed by atoms with E-state index in [1.165, 1.54) is 31.3 Å². The van der Waals surface area contributed by atoms with Crippen molar-refractivity contribution < 1.29 is 4.39 Å². The third-order valence-corrected chi connectivity index (χ3v) is 5.57. The van der Waals surface area contributed by atoms with Gasteiger partial charge in [-0.05, 0) is 55.8 Å². The van der Waals surface area contributed by atoms with Gasteiger partial charge in [0.25, 0.3) is 0 Å². The molecule has 0 unspecified atom stereocenters. The molecule has 4 heterocycles. The van der Waals surface area contributed by atoms with Crippen LogP contribution in [-0.2, 0) is 0 Å². The van der Waals surface area contributed by atoms with Crippen LogP contribution in [0.2, 0.25) is 5.02 Å². The van der Waals surface area contributed by atoms with E-state index >= 15 is 0 Å². The Morgan fingerprint density at radius 3 is 2.93 bits per heavy atom. The molecule has 152 valence electrons. The van der Waals surface area contributed by atoms with E-state index < -0.39 is 0 Å². The molecule has 8 heteroatoms. The molecule has 1 saturated heterocycles. The van der Waals surface area contributed by atoms with Crippen LogP contribution in [0.1, 0.15) is 12.8 Å². The van der Waals surface area contributed by atoms with Gasteiger partial charge in [0.15, 0.2) is 0 Å². The molecule has 0 amide bonds. The molecule has 0 radical (unpaired) electrons. The standard InChI is InChI=1S/C22H20ClFN6/c23-13-3-4-17(24)16(8-13)21-22(29-12-28-21)19-6-5-18-20(30-19)9-15(11-27-18)26-10-14-2-1-7-25-14/h3-6,8-9,11-12,14,25-26H,1-2,7,10H2,(H,28,29)/t14-/m0/s1. The zero-order valence-corrected chi connectivity index (χ0v) is 16.9. The first-order valence-electron chi connectivity index (χ1n) is 9.90. The Labute approximate surface area is 177 Å². The number of halogens is 2. The van der Waals surface area contributed by atoms with Gasteiger partial charge in [0.1, 0.15) is 11.5 Å². The number of nitrogens with one attached hydrogen (secondary N) is 3. The monoisotopic (exact) mass is 422 g/mol. The average molecular weight is 423 g/mol. The van der Waals surface area contributed by atoms with Crippen molar-refractivity contribution in [2.24, 2.45) is 0 Å². The Kier molecular flexibility index (Phi) is 5.06. The first-order chi connectivity index (χ1) is 14.7. The molecule has 0 spiro atoms. The zero-order valence-electron chi connectivity index (χ0n) is 16.1. The number of nitrogens with zero attached hydrogens (tertiary/aromatic N) is 3. The van der Waals surface area contributed by atoms with E-state index in [0.29, 0.717) is 33.7 Å². The predicted molar refractivity (Wildman–Crippen MR) is 117 cm³/mol. The number of aromatic nitrogens is 4. The summed E-state index contributed by atoms with van der Waals surface area (Å²) in [6.45, 7) is 1.93. The third kappa shape index (κ3) is 3.74. The molecule has 6 nitrogen and oxygen atoms in total. The summed E-state index contributed by atoms with van der Waals surface area (Å²) in [5.41, 5.74) is 4.54. The first-order valence-corrected chi connectivity index (χ1v) is 10.3. The van der Waals surface area contributed by atoms with E-state index in [2.05, 4.69) is 25.6 Å². The van der Waals surface area contributed by atoms with Gasteiger partial charge in [-0.15, -0.1) is 0 Å². The van der Waals surface area contributed by atoms with Crippen molar-refractivity contribution >= 4 is 28.3 Å². The third-order valence-electron chi connectivity index (χ3n) is 5.33. The number of imidazole rings is 1. The molecule has 1 aliphatic rings. The van der Waals surface area contributed by atoms with Gasteiger partial charge < -0.3 is 15.6 Å². The van der Waals surface area contributed by atoms with E-state index in [1.54, 1.807) is 6.07 Å². The van der Waals surface area contributed by atoms with Crippen molar-refractivity contribution in [3.05, 3.63) is 59.8 Å². The summed E-state index contributed by atoms with van der Waals surface area (Å²) in [5, 5.41) is 7.36. The van der Waals surface area contributed by atoms with Crippen LogP contribution in [0, 0.1) is 5.82 Å². The normalized spacial score (nSPS) is 16.3. The molecule has 4 aromatic rings. The van der Waals surface area contributed by atoms with Gasteiger partial charge in [-0.25, -0.2) is 14.4 Å². The topological polar surface area (TPSA) is 78.5 Å². The highest BCUT2D eigenvalue weighted by Crippen LogP contribution is 2.32. The number of H-pyrrole nitrogens is 1. The lowest BCUT2D eigenvalue weighted by molar-refractivity contribution is 0.631. The van der Waals surface area contributed by atoms with Crippen molar-refractivity contribution in [1.82, 2.24) is 25.3 Å². The van der Waals surface area contributed by atoms with E-state index in [0.717, 1.165) is 29.8 Å². The van der Waals surface area contributed by atoms with Crippen LogP contribution in [0.15, 0.2) is 48.9 Å². The SMILES string of the molecule is Fc1ccc(Cl)cc1-c1[nH]cnc1-c1ccc2ncc(NC[C@@H]3CCCN3)cc2n1. The minimum atomic E-state index is -0.376. The lowest BCUT2D eigenvalue weighted by Gasteiger charge is -2.12. The van der Waals surface area contributed by atoms with Gasteiger partial charge in [0, 0.05) is 23.2 Å². The maximum Gasteiger partial charge on any atom is 0.132 e. The number of hydrogen-bond acceptors (Lipinski definition) is 5. The molecule has 1 fully saturated rings. The van der Waals surface area contributed by atoms with Crippen molar-refractivity contribution in [2.75, 3.05) is 18.4 Å². The predicted octanol–water partition coefficient (Wildman–Crippen LogP) is 4.64. The number of anilines is 1. The van der Waals surface area contributed by atoms with Crippen molar-refractivity contribution in [2.45, 2.75) is 18.9 Å². The van der Waals surface area contributed by atoms with Gasteiger partial charge in [-0.3, -0.25) is 4.98 Å². The van der Waals surface area contributed by atoms with Crippen molar-refractivity contribution in [3.63, 3.8) is 0 Å². The van der Waals surface area contributed by atoms with Crippen LogP contribution in [0.5, 0.6) is 0 Å². The highest BCUT2D eigenvalue weighted by atomic mass is 35.5. The molecule has 1 atom stereocenters. The minimum Gasteiger partial charge on any atom is -0.382 e. The lowest BCUT2D eigenvalue weighted by Crippen LogP contribution is -2.29. The Morgan fingerprint density at radius 2 is 2.07 bits per heavy atom. The van der Waals surface area contributed by atoms with Crippen LogP contribution in [-0.4, -0.2) is 39.1 Å². The summed E-state index contributed by atoms with van der Waals surface area (Å²) >= 11 is 6.07. The molecule has 0 aliphatic carbocycles. The molecule has 0 saturated carbocycles. The Hall–Kier alpha value is -3.03. The minimum absolute atomic E-state index is 0.356. The number of aromatic amines is 1. The molecule has 0 bridgehead atoms. The second-order valence-electron chi connectivity index (χ2n) is 7.38. The number of hydrogen-bond donors (Lipinski definition) is 3. The second-order valence-corrected chi connectivity index (χ2v) is 7.82. The van der Waals surface area contributed by atoms with Crippen LogP contribution >= 0.6 is 11.6 Å². The second kappa shape index (κ2) is 8.01. The molecule has 3 aromatic heterocycles. The van der Waals surface area contributed by atoms with Gasteiger partial charge in [-0.1, -0.05) is 11.6 Å². The van der Waals surface area contributed by atoms with E-state index in [4.69, 9.17) is 16.6 Å². The maximum absolute atomic E-state index is 14.4. The maximum atomic E-state index is 14.4. The van der Waals surface area contributed by atoms with Crippen molar-refractivity contribution in [1.29, 1.82) is 0 Å². The summed E-state index contributed by atoms with van der Waals surface area (Å²) in [4.78, 5) is 16.6. The highest BCUT2D eigenvalue weighted by Gasteiger charge is 2.17. The van der Waals surface area contributed by atoms with Crippen LogP contribution in [0.4, 0.5) is 10.1 Å². The Bertz CT molecular complexity index is 1200. The largest absolute Gasteiger partial charge is 0.382 e. The Balaban J connectivity index is 1.48. The molecule has 3 N–H and O–H groups in total. The average Bonchev–Trinajstić information content (AvgIpc) is 3.45. The smallest absolute Gasteiger partial charge is 0.132 e. The quantitative estimate of drug-likeness (QED) is 0.436. The first kappa shape index (κ1) is 19.0. The molecular formula is C22H20ClFN6. The van der Waals surface area contributed by atoms with E-state index in [-0.39, 0.29) is 5.82 Å². The van der Waals surface area contributed by atoms with E-state index in [1.807, 2.05) is 24.4 Å². The van der Waals surface area contributed by atoms with Crippen LogP contribution in [0.25, 0.3) is 33.7 Å². The summed E-state index contributed by atoms with van der Waals surface area (Å²) in [5.74, 6) is -0.376. The van der Waals surface area contributed by atoms with Crippen molar-refractivity contribution in [3.8, 4) is 22.6 Å². The molecule has 1 aliphatic heterocycles. The summed E-state index contributed by atoms with van der Waals surface area (Å²) in [7, 11) is 0. The fourth-order valence-electron chi connectivity index (χ4n) is 3.79. The van der Waals surface area contributed by atoms with Gasteiger partial charge in [0.2, 0.25) is 0 Å². The van der Waals surface area contributed by atoms with Gasteiger partial charge >= 0.3 is 0 Å². The number of benzene rings is 1. The Morgan fingerprint density at radius 1 is 1.13 bits per heavy atom. The molecular weight excluding hydrogens is 403 g/mol. The summed E-state index contributed by atoms with van der Waals surface area (Å²) in [6, 6.07) is 10.6. The molecule has 5 rings (SSSR count). The lowest BCUT2D eigenvalue weighted by atomic mass is 10.1. The van der Waals surface area contributed by atoms with Crippen LogP contribution < -0.4 is 10.6 Å². The highest BCUT2D eigenvalue weighted by molar-refractivity contribution is 6.30. The van der Waals surface area contributed by atoms with Crippen LogP contribution in [0.3, 0.4) is 0 Å². The number of rotatable bonds is 5. The number of pyridine rings is 2. The van der Waals surface area contributed by atoms with Gasteiger partial charge in [-0.2, -0.15) is 0 Å². The fourth-order valence-corrected chi connectivity index (χ4v) is 3.96. The zero-order chi connectivity index (χ0) is 20.5. The number of fused-ring (bicyclic) bond motifs is 1. The van der Waals surface area contributed by atoms with Gasteiger partial charge in [0.05, 0.1) is 40.6 Å².